The van der Waals surface area contributed by atoms with E-state index in [1.807, 2.05) is 18.4 Å². The van der Waals surface area contributed by atoms with Crippen molar-refractivity contribution in [3.63, 3.8) is 0 Å². The highest BCUT2D eigenvalue weighted by Gasteiger charge is 2.16. The van der Waals surface area contributed by atoms with E-state index >= 15 is 0 Å². The van der Waals surface area contributed by atoms with E-state index in [4.69, 9.17) is 9.47 Å². The van der Waals surface area contributed by atoms with Crippen molar-refractivity contribution in [3.05, 3.63) is 46.2 Å². The van der Waals surface area contributed by atoms with Crippen molar-refractivity contribution in [2.24, 2.45) is 0 Å². The van der Waals surface area contributed by atoms with Gasteiger partial charge < -0.3 is 20.1 Å². The fraction of sp³-hybridized carbons (Fsp3) is 0.294. The number of hydrogen-bond donors (Lipinski definition) is 2. The summed E-state index contributed by atoms with van der Waals surface area (Å²) in [6.07, 6.45) is 0. The van der Waals surface area contributed by atoms with E-state index in [1.54, 1.807) is 38.5 Å². The van der Waals surface area contributed by atoms with Gasteiger partial charge in [0.1, 0.15) is 11.5 Å². The van der Waals surface area contributed by atoms with E-state index in [9.17, 15) is 9.59 Å². The predicted molar refractivity (Wildman–Crippen MR) is 92.8 cm³/mol. The maximum Gasteiger partial charge on any atom is 0.261 e. The Bertz CT molecular complexity index is 701. The van der Waals surface area contributed by atoms with Crippen LogP contribution in [0.1, 0.15) is 28.2 Å². The number of thiophene rings is 1. The largest absolute Gasteiger partial charge is 0.497 e. The van der Waals surface area contributed by atoms with Crippen LogP contribution in [0.3, 0.4) is 0 Å². The van der Waals surface area contributed by atoms with Crippen LogP contribution in [-0.2, 0) is 4.79 Å². The Morgan fingerprint density at radius 3 is 2.62 bits per heavy atom. The van der Waals surface area contributed by atoms with Crippen molar-refractivity contribution >= 4 is 23.2 Å². The molecule has 128 valence electrons. The van der Waals surface area contributed by atoms with Gasteiger partial charge in [0.25, 0.3) is 5.91 Å². The molecule has 1 heterocycles. The Balaban J connectivity index is 1.92. The number of carbonyl (C=O) groups excluding carboxylic acids is 2. The van der Waals surface area contributed by atoms with E-state index in [2.05, 4.69) is 10.6 Å². The average Bonchev–Trinajstić information content (AvgIpc) is 3.13. The number of carbonyl (C=O) groups is 2. The van der Waals surface area contributed by atoms with Crippen LogP contribution >= 0.6 is 11.3 Å². The summed E-state index contributed by atoms with van der Waals surface area (Å²) in [5, 5.41) is 7.25. The number of amides is 2. The second-order valence-corrected chi connectivity index (χ2v) is 6.00. The molecule has 0 saturated heterocycles. The smallest absolute Gasteiger partial charge is 0.261 e. The minimum absolute atomic E-state index is 0.0838. The lowest BCUT2D eigenvalue weighted by atomic mass is 10.1. The number of rotatable bonds is 7. The fourth-order valence-electron chi connectivity index (χ4n) is 2.20. The molecule has 2 amide bonds. The minimum Gasteiger partial charge on any atom is -0.497 e. The normalized spacial score (nSPS) is 11.5. The number of ether oxygens (including phenoxy) is 2. The third-order valence-corrected chi connectivity index (χ3v) is 4.31. The molecule has 2 N–H and O–H groups in total. The molecule has 24 heavy (non-hydrogen) atoms. The summed E-state index contributed by atoms with van der Waals surface area (Å²) in [7, 11) is 3.14. The van der Waals surface area contributed by atoms with Gasteiger partial charge in [-0.1, -0.05) is 6.07 Å². The molecule has 1 atom stereocenters. The molecule has 2 aromatic rings. The van der Waals surface area contributed by atoms with Gasteiger partial charge in [-0.05, 0) is 30.5 Å². The second-order valence-electron chi connectivity index (χ2n) is 5.06. The lowest BCUT2D eigenvalue weighted by Gasteiger charge is -2.18. The molecule has 0 fully saturated rings. The van der Waals surface area contributed by atoms with Gasteiger partial charge in [-0.25, -0.2) is 0 Å². The maximum atomic E-state index is 12.0. The highest BCUT2D eigenvalue weighted by Crippen LogP contribution is 2.29. The van der Waals surface area contributed by atoms with E-state index in [0.29, 0.717) is 16.4 Å². The molecule has 0 bridgehead atoms. The molecular formula is C17H20N2O4S. The van der Waals surface area contributed by atoms with E-state index in [1.165, 1.54) is 11.3 Å². The SMILES string of the molecule is COc1ccc(C(C)NC(=O)CNC(=O)c2cccs2)c(OC)c1. The standard InChI is InChI=1S/C17H20N2O4S/c1-11(13-7-6-12(22-2)9-14(13)23-3)19-16(20)10-18-17(21)15-5-4-8-24-15/h4-9,11H,10H2,1-3H3,(H,18,21)(H,19,20). The molecule has 2 rings (SSSR count). The first kappa shape index (κ1) is 17.8. The van der Waals surface area contributed by atoms with Crippen LogP contribution in [0, 0.1) is 0 Å². The van der Waals surface area contributed by atoms with Crippen molar-refractivity contribution in [1.82, 2.24) is 10.6 Å². The summed E-state index contributed by atoms with van der Waals surface area (Å²) in [6.45, 7) is 1.77. The zero-order valence-corrected chi connectivity index (χ0v) is 14.6. The fourth-order valence-corrected chi connectivity index (χ4v) is 2.84. The topological polar surface area (TPSA) is 76.7 Å². The highest BCUT2D eigenvalue weighted by molar-refractivity contribution is 7.12. The zero-order valence-electron chi connectivity index (χ0n) is 13.8. The second kappa shape index (κ2) is 8.35. The Labute approximate surface area is 144 Å². The van der Waals surface area contributed by atoms with Gasteiger partial charge in [0, 0.05) is 11.6 Å². The Morgan fingerprint density at radius 2 is 2.00 bits per heavy atom. The summed E-state index contributed by atoms with van der Waals surface area (Å²) in [4.78, 5) is 24.4. The number of nitrogens with one attached hydrogen (secondary N) is 2. The van der Waals surface area contributed by atoms with Crippen LogP contribution in [0.2, 0.25) is 0 Å². The third kappa shape index (κ3) is 4.48. The summed E-state index contributed by atoms with van der Waals surface area (Å²) in [5.74, 6) is 0.780. The van der Waals surface area contributed by atoms with Gasteiger partial charge in [-0.2, -0.15) is 0 Å². The Morgan fingerprint density at radius 1 is 1.21 bits per heavy atom. The molecule has 1 unspecified atom stereocenters. The van der Waals surface area contributed by atoms with Crippen molar-refractivity contribution in [1.29, 1.82) is 0 Å². The van der Waals surface area contributed by atoms with Crippen molar-refractivity contribution < 1.29 is 19.1 Å². The first-order chi connectivity index (χ1) is 11.5. The molecule has 1 aromatic carbocycles. The highest BCUT2D eigenvalue weighted by atomic mass is 32.1. The molecule has 1 aromatic heterocycles. The predicted octanol–water partition coefficient (Wildman–Crippen LogP) is 2.37. The van der Waals surface area contributed by atoms with Crippen molar-refractivity contribution in [2.45, 2.75) is 13.0 Å². The summed E-state index contributed by atoms with van der Waals surface area (Å²) in [6, 6.07) is 8.64. The average molecular weight is 348 g/mol. The van der Waals surface area contributed by atoms with Crippen LogP contribution in [-0.4, -0.2) is 32.6 Å². The molecule has 6 nitrogen and oxygen atoms in total. The number of methoxy groups -OCH3 is 2. The van der Waals surface area contributed by atoms with Gasteiger partial charge in [-0.3, -0.25) is 9.59 Å². The van der Waals surface area contributed by atoms with Crippen LogP contribution in [0.25, 0.3) is 0 Å². The van der Waals surface area contributed by atoms with E-state index < -0.39 is 0 Å². The Hall–Kier alpha value is -2.54. The van der Waals surface area contributed by atoms with Gasteiger partial charge in [0.15, 0.2) is 0 Å². The summed E-state index contributed by atoms with van der Waals surface area (Å²) < 4.78 is 10.5. The lowest BCUT2D eigenvalue weighted by molar-refractivity contribution is -0.120. The quantitative estimate of drug-likeness (QED) is 0.805. The van der Waals surface area contributed by atoms with Crippen LogP contribution in [0.15, 0.2) is 35.7 Å². The molecule has 0 aliphatic heterocycles. The van der Waals surface area contributed by atoms with Gasteiger partial charge in [0.2, 0.25) is 5.91 Å². The van der Waals surface area contributed by atoms with Crippen LogP contribution in [0.4, 0.5) is 0 Å². The lowest BCUT2D eigenvalue weighted by Crippen LogP contribution is -2.37. The Kier molecular flexibility index (Phi) is 6.20. The third-order valence-electron chi connectivity index (χ3n) is 3.44. The molecular weight excluding hydrogens is 328 g/mol. The summed E-state index contributed by atoms with van der Waals surface area (Å²) in [5.41, 5.74) is 0.830. The number of benzene rings is 1. The molecule has 0 saturated carbocycles. The van der Waals surface area contributed by atoms with E-state index in [0.717, 1.165) is 5.56 Å². The first-order valence-corrected chi connectivity index (χ1v) is 8.26. The maximum absolute atomic E-state index is 12.0. The van der Waals surface area contributed by atoms with Crippen LogP contribution < -0.4 is 20.1 Å². The van der Waals surface area contributed by atoms with Gasteiger partial charge in [0.05, 0.1) is 31.7 Å². The first-order valence-electron chi connectivity index (χ1n) is 7.38. The monoisotopic (exact) mass is 348 g/mol. The van der Waals surface area contributed by atoms with Gasteiger partial charge in [-0.15, -0.1) is 11.3 Å². The van der Waals surface area contributed by atoms with Gasteiger partial charge >= 0.3 is 0 Å². The zero-order chi connectivity index (χ0) is 17.5. The number of hydrogen-bond acceptors (Lipinski definition) is 5. The van der Waals surface area contributed by atoms with Crippen molar-refractivity contribution in [3.8, 4) is 11.5 Å². The molecule has 0 aliphatic carbocycles. The molecule has 0 aliphatic rings. The summed E-state index contributed by atoms with van der Waals surface area (Å²) >= 11 is 1.33. The van der Waals surface area contributed by atoms with Crippen LogP contribution in [0.5, 0.6) is 11.5 Å². The van der Waals surface area contributed by atoms with Crippen molar-refractivity contribution in [2.75, 3.05) is 20.8 Å². The molecule has 0 spiro atoms. The minimum atomic E-state index is -0.273. The van der Waals surface area contributed by atoms with E-state index in [-0.39, 0.29) is 24.4 Å². The molecule has 0 radical (unpaired) electrons. The molecule has 7 heteroatoms.